The SMILES string of the molecule is COC[C@]1(N)[C@H](c2ccc(C)cc2)[C@@H]1S(=O)(=O)c1ccc(C)cc1. The first-order valence-electron chi connectivity index (χ1n) is 7.95. The molecule has 1 saturated carbocycles. The third kappa shape index (κ3) is 2.77. The second kappa shape index (κ2) is 5.99. The van der Waals surface area contributed by atoms with Crippen molar-refractivity contribution in [2.45, 2.75) is 35.4 Å². The molecule has 0 saturated heterocycles. The van der Waals surface area contributed by atoms with Gasteiger partial charge in [0.05, 0.1) is 22.3 Å². The van der Waals surface area contributed by atoms with Crippen LogP contribution in [0.3, 0.4) is 0 Å². The third-order valence-corrected chi connectivity index (χ3v) is 7.13. The summed E-state index contributed by atoms with van der Waals surface area (Å²) in [6.07, 6.45) is 0. The lowest BCUT2D eigenvalue weighted by molar-refractivity contribution is 0.171. The topological polar surface area (TPSA) is 69.4 Å². The van der Waals surface area contributed by atoms with Crippen molar-refractivity contribution < 1.29 is 13.2 Å². The molecule has 24 heavy (non-hydrogen) atoms. The van der Waals surface area contributed by atoms with Gasteiger partial charge in [-0.1, -0.05) is 47.5 Å². The zero-order valence-corrected chi connectivity index (χ0v) is 15.0. The van der Waals surface area contributed by atoms with Gasteiger partial charge in [-0.15, -0.1) is 0 Å². The Hall–Kier alpha value is -1.69. The minimum Gasteiger partial charge on any atom is -0.383 e. The van der Waals surface area contributed by atoms with Crippen LogP contribution in [0, 0.1) is 13.8 Å². The van der Waals surface area contributed by atoms with Crippen molar-refractivity contribution in [2.75, 3.05) is 13.7 Å². The first kappa shape index (κ1) is 17.1. The summed E-state index contributed by atoms with van der Waals surface area (Å²) in [6.45, 7) is 4.14. The van der Waals surface area contributed by atoms with Crippen molar-refractivity contribution in [1.29, 1.82) is 0 Å². The molecule has 5 heteroatoms. The predicted octanol–water partition coefficient (Wildman–Crippen LogP) is 2.59. The lowest BCUT2D eigenvalue weighted by atomic mass is 10.1. The average Bonchev–Trinajstić information content (AvgIpc) is 3.15. The van der Waals surface area contributed by atoms with E-state index in [1.54, 1.807) is 19.2 Å². The van der Waals surface area contributed by atoms with Gasteiger partial charge in [0.1, 0.15) is 0 Å². The highest BCUT2D eigenvalue weighted by atomic mass is 32.2. The molecule has 0 radical (unpaired) electrons. The number of rotatable bonds is 5. The first-order chi connectivity index (χ1) is 11.3. The number of aryl methyl sites for hydroxylation is 2. The number of hydrogen-bond donors (Lipinski definition) is 1. The molecule has 1 fully saturated rings. The Labute approximate surface area is 143 Å². The maximum absolute atomic E-state index is 13.1. The Morgan fingerprint density at radius 1 is 1.00 bits per heavy atom. The van der Waals surface area contributed by atoms with E-state index in [0.717, 1.165) is 16.7 Å². The zero-order valence-electron chi connectivity index (χ0n) is 14.2. The van der Waals surface area contributed by atoms with Crippen molar-refractivity contribution >= 4 is 9.84 Å². The zero-order chi connectivity index (χ0) is 17.5. The quantitative estimate of drug-likeness (QED) is 0.904. The number of sulfone groups is 1. The fourth-order valence-corrected chi connectivity index (χ4v) is 5.74. The average molecular weight is 345 g/mol. The number of ether oxygens (including phenoxy) is 1. The summed E-state index contributed by atoms with van der Waals surface area (Å²) in [5, 5.41) is -0.671. The molecule has 2 N–H and O–H groups in total. The van der Waals surface area contributed by atoms with Crippen molar-refractivity contribution in [1.82, 2.24) is 0 Å². The lowest BCUT2D eigenvalue weighted by Crippen LogP contribution is -2.35. The summed E-state index contributed by atoms with van der Waals surface area (Å²) in [6, 6.07) is 14.8. The Balaban J connectivity index is 2.01. The van der Waals surface area contributed by atoms with Crippen LogP contribution in [-0.2, 0) is 14.6 Å². The van der Waals surface area contributed by atoms with E-state index in [4.69, 9.17) is 10.5 Å². The van der Waals surface area contributed by atoms with E-state index >= 15 is 0 Å². The van der Waals surface area contributed by atoms with Crippen LogP contribution in [0.15, 0.2) is 53.4 Å². The van der Waals surface area contributed by atoms with E-state index in [2.05, 4.69) is 0 Å². The number of methoxy groups -OCH3 is 1. The molecular formula is C19H23NO3S. The van der Waals surface area contributed by atoms with Gasteiger partial charge in [-0.05, 0) is 31.5 Å². The van der Waals surface area contributed by atoms with E-state index in [1.165, 1.54) is 0 Å². The highest BCUT2D eigenvalue weighted by Gasteiger charge is 2.69. The Kier molecular flexibility index (Phi) is 4.28. The number of hydrogen-bond acceptors (Lipinski definition) is 4. The molecule has 0 spiro atoms. The monoisotopic (exact) mass is 345 g/mol. The highest BCUT2D eigenvalue weighted by molar-refractivity contribution is 7.92. The van der Waals surface area contributed by atoms with Crippen LogP contribution in [0.4, 0.5) is 0 Å². The molecule has 3 rings (SSSR count). The standard InChI is InChI=1S/C19H23NO3S/c1-13-4-8-15(9-5-13)17-18(19(17,20)12-23-3)24(21,22)16-10-6-14(2)7-11-16/h4-11,17-18H,12,20H2,1-3H3/t17-,18+,19+/m1/s1. The summed E-state index contributed by atoms with van der Waals surface area (Å²) >= 11 is 0. The first-order valence-corrected chi connectivity index (χ1v) is 9.50. The Bertz CT molecular complexity index is 828. The van der Waals surface area contributed by atoms with Crippen molar-refractivity contribution in [3.63, 3.8) is 0 Å². The molecule has 0 aliphatic heterocycles. The van der Waals surface area contributed by atoms with Crippen LogP contribution >= 0.6 is 0 Å². The second-order valence-corrected chi connectivity index (χ2v) is 8.78. The number of nitrogens with two attached hydrogens (primary N) is 1. The van der Waals surface area contributed by atoms with Crippen LogP contribution < -0.4 is 5.73 Å². The van der Waals surface area contributed by atoms with Gasteiger partial charge < -0.3 is 10.5 Å². The fourth-order valence-electron chi connectivity index (χ4n) is 3.45. The van der Waals surface area contributed by atoms with E-state index in [0.29, 0.717) is 4.90 Å². The minimum atomic E-state index is -3.52. The Morgan fingerprint density at radius 3 is 2.00 bits per heavy atom. The largest absolute Gasteiger partial charge is 0.383 e. The van der Waals surface area contributed by atoms with E-state index in [-0.39, 0.29) is 12.5 Å². The molecule has 1 aliphatic rings. The lowest BCUT2D eigenvalue weighted by Gasteiger charge is -2.11. The van der Waals surface area contributed by atoms with Gasteiger partial charge in [-0.25, -0.2) is 8.42 Å². The van der Waals surface area contributed by atoms with Gasteiger partial charge >= 0.3 is 0 Å². The van der Waals surface area contributed by atoms with E-state index in [1.807, 2.05) is 50.2 Å². The van der Waals surface area contributed by atoms with Gasteiger partial charge in [-0.2, -0.15) is 0 Å². The van der Waals surface area contributed by atoms with Gasteiger partial charge in [0.15, 0.2) is 9.84 Å². The fraction of sp³-hybridized carbons (Fsp3) is 0.368. The molecule has 3 atom stereocenters. The van der Waals surface area contributed by atoms with Gasteiger partial charge in [0, 0.05) is 13.0 Å². The maximum atomic E-state index is 13.1. The van der Waals surface area contributed by atoms with Crippen molar-refractivity contribution in [2.24, 2.45) is 5.73 Å². The molecule has 0 aromatic heterocycles. The molecule has 4 nitrogen and oxygen atoms in total. The highest BCUT2D eigenvalue weighted by Crippen LogP contribution is 2.55. The van der Waals surface area contributed by atoms with Crippen LogP contribution in [0.1, 0.15) is 22.6 Å². The molecule has 0 heterocycles. The molecule has 0 bridgehead atoms. The van der Waals surface area contributed by atoms with Gasteiger partial charge in [0.25, 0.3) is 0 Å². The number of benzene rings is 2. The third-order valence-electron chi connectivity index (χ3n) is 4.82. The van der Waals surface area contributed by atoms with Crippen LogP contribution in [0.5, 0.6) is 0 Å². The molecule has 2 aromatic carbocycles. The smallest absolute Gasteiger partial charge is 0.183 e. The second-order valence-electron chi connectivity index (χ2n) is 6.71. The summed E-state index contributed by atoms with van der Waals surface area (Å²) < 4.78 is 31.5. The molecule has 2 aromatic rings. The molecule has 0 amide bonds. The molecular weight excluding hydrogens is 322 g/mol. The van der Waals surface area contributed by atoms with Gasteiger partial charge in [-0.3, -0.25) is 0 Å². The summed E-state index contributed by atoms with van der Waals surface area (Å²) in [7, 11) is -1.97. The maximum Gasteiger partial charge on any atom is 0.183 e. The van der Waals surface area contributed by atoms with Crippen molar-refractivity contribution in [3.8, 4) is 0 Å². The summed E-state index contributed by atoms with van der Waals surface area (Å²) in [4.78, 5) is 0.318. The summed E-state index contributed by atoms with van der Waals surface area (Å²) in [5.74, 6) is -0.260. The predicted molar refractivity (Wildman–Crippen MR) is 94.9 cm³/mol. The van der Waals surface area contributed by atoms with Gasteiger partial charge in [0.2, 0.25) is 0 Å². The summed E-state index contributed by atoms with van der Waals surface area (Å²) in [5.41, 5.74) is 8.67. The van der Waals surface area contributed by atoms with Crippen LogP contribution in [-0.4, -0.2) is 32.9 Å². The normalized spacial score (nSPS) is 26.3. The molecule has 0 unspecified atom stereocenters. The molecule has 1 aliphatic carbocycles. The van der Waals surface area contributed by atoms with Crippen LogP contribution in [0.25, 0.3) is 0 Å². The van der Waals surface area contributed by atoms with E-state index in [9.17, 15) is 8.42 Å². The Morgan fingerprint density at radius 2 is 1.50 bits per heavy atom. The van der Waals surface area contributed by atoms with Crippen molar-refractivity contribution in [3.05, 3.63) is 65.2 Å². The minimum absolute atomic E-state index is 0.210. The van der Waals surface area contributed by atoms with E-state index < -0.39 is 20.6 Å². The molecule has 128 valence electrons. The van der Waals surface area contributed by atoms with Crippen LogP contribution in [0.2, 0.25) is 0 Å².